The van der Waals surface area contributed by atoms with Gasteiger partial charge in [0.2, 0.25) is 0 Å². The SMILES string of the molecule is Cc1ccc(CCCCNC2CC2)cc1F. The zero-order valence-corrected chi connectivity index (χ0v) is 9.93. The van der Waals surface area contributed by atoms with Crippen LogP contribution in [-0.2, 0) is 6.42 Å². The summed E-state index contributed by atoms with van der Waals surface area (Å²) in [6.45, 7) is 2.91. The molecule has 0 saturated heterocycles. The molecule has 2 heteroatoms. The molecule has 88 valence electrons. The predicted molar refractivity (Wildman–Crippen MR) is 65.1 cm³/mol. The van der Waals surface area contributed by atoms with E-state index in [4.69, 9.17) is 0 Å². The molecule has 0 amide bonds. The molecule has 0 atom stereocenters. The van der Waals surface area contributed by atoms with Crippen molar-refractivity contribution in [3.05, 3.63) is 35.1 Å². The summed E-state index contributed by atoms with van der Waals surface area (Å²) < 4.78 is 13.3. The molecule has 2 rings (SSSR count). The maximum Gasteiger partial charge on any atom is 0.126 e. The van der Waals surface area contributed by atoms with Crippen LogP contribution >= 0.6 is 0 Å². The first-order chi connectivity index (χ1) is 7.75. The fourth-order valence-corrected chi connectivity index (χ4v) is 1.84. The standard InChI is InChI=1S/C14H20FN/c1-11-5-6-12(10-14(11)15)4-2-3-9-16-13-7-8-13/h5-6,10,13,16H,2-4,7-9H2,1H3. The number of halogens is 1. The number of aryl methyl sites for hydroxylation is 2. The molecule has 0 spiro atoms. The fraction of sp³-hybridized carbons (Fsp3) is 0.571. The van der Waals surface area contributed by atoms with Gasteiger partial charge in [0.25, 0.3) is 0 Å². The van der Waals surface area contributed by atoms with Crippen LogP contribution in [0, 0.1) is 12.7 Å². The van der Waals surface area contributed by atoms with Crippen molar-refractivity contribution >= 4 is 0 Å². The Morgan fingerprint density at radius 2 is 2.12 bits per heavy atom. The lowest BCUT2D eigenvalue weighted by Gasteiger charge is -2.04. The molecule has 1 nitrogen and oxygen atoms in total. The van der Waals surface area contributed by atoms with Gasteiger partial charge in [0.1, 0.15) is 5.82 Å². The van der Waals surface area contributed by atoms with Gasteiger partial charge in [-0.05, 0) is 62.8 Å². The topological polar surface area (TPSA) is 12.0 Å². The van der Waals surface area contributed by atoms with E-state index in [9.17, 15) is 4.39 Å². The Kier molecular flexibility index (Phi) is 3.94. The molecule has 1 saturated carbocycles. The van der Waals surface area contributed by atoms with Crippen molar-refractivity contribution in [3.8, 4) is 0 Å². The molecule has 0 aliphatic heterocycles. The van der Waals surface area contributed by atoms with E-state index in [0.717, 1.165) is 36.6 Å². The second kappa shape index (κ2) is 5.44. The Morgan fingerprint density at radius 1 is 1.31 bits per heavy atom. The number of unbranched alkanes of at least 4 members (excludes halogenated alkanes) is 1. The van der Waals surface area contributed by atoms with E-state index in [1.165, 1.54) is 19.3 Å². The first-order valence-corrected chi connectivity index (χ1v) is 6.24. The van der Waals surface area contributed by atoms with Gasteiger partial charge in [-0.2, -0.15) is 0 Å². The Labute approximate surface area is 97.1 Å². The van der Waals surface area contributed by atoms with Gasteiger partial charge < -0.3 is 5.32 Å². The van der Waals surface area contributed by atoms with Gasteiger partial charge in [0, 0.05) is 6.04 Å². The molecular formula is C14H20FN. The number of rotatable bonds is 6. The minimum Gasteiger partial charge on any atom is -0.314 e. The zero-order valence-electron chi connectivity index (χ0n) is 9.93. The van der Waals surface area contributed by atoms with Crippen LogP contribution in [0.4, 0.5) is 4.39 Å². The van der Waals surface area contributed by atoms with Gasteiger partial charge in [0.05, 0.1) is 0 Å². The van der Waals surface area contributed by atoms with E-state index >= 15 is 0 Å². The minimum absolute atomic E-state index is 0.0754. The van der Waals surface area contributed by atoms with Crippen molar-refractivity contribution in [2.75, 3.05) is 6.54 Å². The van der Waals surface area contributed by atoms with Crippen LogP contribution in [0.25, 0.3) is 0 Å². The normalized spacial score (nSPS) is 15.4. The van der Waals surface area contributed by atoms with Gasteiger partial charge in [0.15, 0.2) is 0 Å². The Bertz CT molecular complexity index is 345. The Hall–Kier alpha value is -0.890. The van der Waals surface area contributed by atoms with Crippen LogP contribution in [0.5, 0.6) is 0 Å². The summed E-state index contributed by atoms with van der Waals surface area (Å²) >= 11 is 0. The van der Waals surface area contributed by atoms with E-state index in [0.29, 0.717) is 0 Å². The summed E-state index contributed by atoms with van der Waals surface area (Å²) in [6.07, 6.45) is 6.02. The minimum atomic E-state index is -0.0754. The summed E-state index contributed by atoms with van der Waals surface area (Å²) in [5.41, 5.74) is 1.86. The summed E-state index contributed by atoms with van der Waals surface area (Å²) in [4.78, 5) is 0. The third kappa shape index (κ3) is 3.60. The average molecular weight is 221 g/mol. The molecule has 1 aromatic rings. The fourth-order valence-electron chi connectivity index (χ4n) is 1.84. The summed E-state index contributed by atoms with van der Waals surface area (Å²) in [5, 5.41) is 3.49. The van der Waals surface area contributed by atoms with Crippen molar-refractivity contribution < 1.29 is 4.39 Å². The highest BCUT2D eigenvalue weighted by atomic mass is 19.1. The van der Waals surface area contributed by atoms with Crippen LogP contribution < -0.4 is 5.32 Å². The zero-order chi connectivity index (χ0) is 11.4. The summed E-state index contributed by atoms with van der Waals surface area (Å²) in [7, 11) is 0. The van der Waals surface area contributed by atoms with Gasteiger partial charge in [-0.15, -0.1) is 0 Å². The van der Waals surface area contributed by atoms with Crippen LogP contribution in [0.15, 0.2) is 18.2 Å². The molecule has 1 fully saturated rings. The maximum atomic E-state index is 13.3. The van der Waals surface area contributed by atoms with Crippen molar-refractivity contribution in [1.29, 1.82) is 0 Å². The van der Waals surface area contributed by atoms with Crippen molar-refractivity contribution in [2.45, 2.75) is 45.1 Å². The van der Waals surface area contributed by atoms with Gasteiger partial charge in [-0.3, -0.25) is 0 Å². The van der Waals surface area contributed by atoms with Gasteiger partial charge >= 0.3 is 0 Å². The molecule has 0 unspecified atom stereocenters. The Balaban J connectivity index is 1.65. The highest BCUT2D eigenvalue weighted by Crippen LogP contribution is 2.18. The van der Waals surface area contributed by atoms with Crippen molar-refractivity contribution in [1.82, 2.24) is 5.32 Å². The molecule has 0 bridgehead atoms. The van der Waals surface area contributed by atoms with Crippen LogP contribution in [0.2, 0.25) is 0 Å². The van der Waals surface area contributed by atoms with Crippen LogP contribution in [-0.4, -0.2) is 12.6 Å². The van der Waals surface area contributed by atoms with E-state index < -0.39 is 0 Å². The molecular weight excluding hydrogens is 201 g/mol. The van der Waals surface area contributed by atoms with E-state index in [2.05, 4.69) is 5.32 Å². The number of nitrogens with one attached hydrogen (secondary N) is 1. The largest absolute Gasteiger partial charge is 0.314 e. The maximum absolute atomic E-state index is 13.3. The quantitative estimate of drug-likeness (QED) is 0.727. The molecule has 0 aromatic heterocycles. The third-order valence-electron chi connectivity index (χ3n) is 3.14. The number of hydrogen-bond acceptors (Lipinski definition) is 1. The van der Waals surface area contributed by atoms with Crippen LogP contribution in [0.3, 0.4) is 0 Å². The van der Waals surface area contributed by atoms with Crippen molar-refractivity contribution in [2.24, 2.45) is 0 Å². The van der Waals surface area contributed by atoms with Gasteiger partial charge in [-0.25, -0.2) is 4.39 Å². The van der Waals surface area contributed by atoms with Gasteiger partial charge in [-0.1, -0.05) is 12.1 Å². The highest BCUT2D eigenvalue weighted by molar-refractivity contribution is 5.23. The van der Waals surface area contributed by atoms with E-state index in [-0.39, 0.29) is 5.82 Å². The second-order valence-corrected chi connectivity index (χ2v) is 4.77. The van der Waals surface area contributed by atoms with Crippen molar-refractivity contribution in [3.63, 3.8) is 0 Å². The lowest BCUT2D eigenvalue weighted by molar-refractivity contribution is 0.606. The molecule has 0 radical (unpaired) electrons. The van der Waals surface area contributed by atoms with Crippen LogP contribution in [0.1, 0.15) is 36.8 Å². The first-order valence-electron chi connectivity index (χ1n) is 6.24. The average Bonchev–Trinajstić information content (AvgIpc) is 3.07. The summed E-state index contributed by atoms with van der Waals surface area (Å²) in [6, 6.07) is 6.38. The molecule has 0 heterocycles. The molecule has 1 N–H and O–H groups in total. The van der Waals surface area contributed by atoms with E-state index in [1.807, 2.05) is 12.1 Å². The third-order valence-corrected chi connectivity index (χ3v) is 3.14. The first kappa shape index (κ1) is 11.6. The highest BCUT2D eigenvalue weighted by Gasteiger charge is 2.19. The number of hydrogen-bond donors (Lipinski definition) is 1. The molecule has 1 aromatic carbocycles. The van der Waals surface area contributed by atoms with E-state index in [1.54, 1.807) is 13.0 Å². The second-order valence-electron chi connectivity index (χ2n) is 4.77. The molecule has 1 aliphatic rings. The lowest BCUT2D eigenvalue weighted by atomic mass is 10.1. The molecule has 16 heavy (non-hydrogen) atoms. The predicted octanol–water partition coefficient (Wildman–Crippen LogP) is 3.21. The Morgan fingerprint density at radius 3 is 2.81 bits per heavy atom. The number of benzene rings is 1. The monoisotopic (exact) mass is 221 g/mol. The summed E-state index contributed by atoms with van der Waals surface area (Å²) in [5.74, 6) is -0.0754. The molecule has 1 aliphatic carbocycles. The lowest BCUT2D eigenvalue weighted by Crippen LogP contribution is -2.17. The smallest absolute Gasteiger partial charge is 0.126 e.